The molecule has 142 valence electrons. The Hall–Kier alpha value is -2.20. The first-order valence-electron chi connectivity index (χ1n) is 9.82. The van der Waals surface area contributed by atoms with Gasteiger partial charge in [-0.05, 0) is 68.1 Å². The first kappa shape index (κ1) is 18.2. The van der Waals surface area contributed by atoms with Gasteiger partial charge in [-0.1, -0.05) is 36.4 Å². The Balaban J connectivity index is 1.57. The normalized spacial score (nSPS) is 24.4. The smallest absolute Gasteiger partial charge is 0.223 e. The maximum Gasteiger partial charge on any atom is 0.223 e. The second-order valence-corrected chi connectivity index (χ2v) is 8.15. The first-order chi connectivity index (χ1) is 13.0. The van der Waals surface area contributed by atoms with E-state index in [1.807, 2.05) is 29.2 Å². The molecule has 0 bridgehead atoms. The molecule has 4 heteroatoms. The van der Waals surface area contributed by atoms with Crippen molar-refractivity contribution in [3.63, 3.8) is 0 Å². The molecule has 2 aromatic rings. The summed E-state index contributed by atoms with van der Waals surface area (Å²) in [4.78, 5) is 17.4. The number of nitrogens with zero attached hydrogens (tertiary/aromatic N) is 2. The van der Waals surface area contributed by atoms with Crippen LogP contribution in [0.15, 0.2) is 48.5 Å². The third-order valence-corrected chi connectivity index (χ3v) is 6.19. The highest BCUT2D eigenvalue weighted by Crippen LogP contribution is 2.38. The molecule has 0 radical (unpaired) electrons. The van der Waals surface area contributed by atoms with Gasteiger partial charge in [0.2, 0.25) is 5.91 Å². The molecule has 1 amide bonds. The Labute approximate surface area is 160 Å². The van der Waals surface area contributed by atoms with Crippen molar-refractivity contribution in [1.82, 2.24) is 9.80 Å². The fraction of sp³-hybridized carbons (Fsp3) is 0.435. The van der Waals surface area contributed by atoms with E-state index < -0.39 is 0 Å². The SMILES string of the molecule is CN(C)[C@H]1C[C@@H](CC(=O)N2CCc3ccccc3[C@@H]2c2ccc(F)cc2)C1. The van der Waals surface area contributed by atoms with Gasteiger partial charge in [-0.15, -0.1) is 0 Å². The molecule has 1 heterocycles. The average molecular weight is 366 g/mol. The molecule has 1 saturated carbocycles. The summed E-state index contributed by atoms with van der Waals surface area (Å²) >= 11 is 0. The van der Waals surface area contributed by atoms with E-state index in [9.17, 15) is 9.18 Å². The highest BCUT2D eigenvalue weighted by molar-refractivity contribution is 5.78. The predicted octanol–water partition coefficient (Wildman–Crippen LogP) is 4.03. The number of rotatable bonds is 4. The molecule has 0 saturated heterocycles. The van der Waals surface area contributed by atoms with Crippen molar-refractivity contribution in [3.8, 4) is 0 Å². The zero-order chi connectivity index (χ0) is 19.0. The van der Waals surface area contributed by atoms with E-state index in [0.717, 1.165) is 31.4 Å². The van der Waals surface area contributed by atoms with Crippen LogP contribution in [0.3, 0.4) is 0 Å². The van der Waals surface area contributed by atoms with Gasteiger partial charge in [-0.25, -0.2) is 4.39 Å². The summed E-state index contributed by atoms with van der Waals surface area (Å²) in [6.45, 7) is 0.724. The molecule has 1 fully saturated rings. The van der Waals surface area contributed by atoms with E-state index in [-0.39, 0.29) is 17.8 Å². The molecular formula is C23H27FN2O. The Morgan fingerprint density at radius 2 is 1.81 bits per heavy atom. The number of benzene rings is 2. The Morgan fingerprint density at radius 1 is 1.11 bits per heavy atom. The van der Waals surface area contributed by atoms with E-state index >= 15 is 0 Å². The molecule has 1 atom stereocenters. The van der Waals surface area contributed by atoms with Crippen molar-refractivity contribution in [2.75, 3.05) is 20.6 Å². The lowest BCUT2D eigenvalue weighted by Crippen LogP contribution is -2.45. The van der Waals surface area contributed by atoms with Gasteiger partial charge in [0.1, 0.15) is 5.82 Å². The molecule has 0 spiro atoms. The standard InChI is InChI=1S/C23H27FN2O/c1-25(2)20-13-16(14-20)15-22(27)26-12-11-17-5-3-4-6-21(17)23(26)18-7-9-19(24)10-8-18/h3-10,16,20,23H,11-15H2,1-2H3/t16-,20+,23-/m0/s1. The van der Waals surface area contributed by atoms with Crippen molar-refractivity contribution in [3.05, 3.63) is 71.0 Å². The molecule has 0 aromatic heterocycles. The van der Waals surface area contributed by atoms with Gasteiger partial charge in [0, 0.05) is 19.0 Å². The van der Waals surface area contributed by atoms with E-state index in [1.165, 1.54) is 23.3 Å². The Kier molecular flexibility index (Phi) is 5.00. The molecule has 2 aliphatic rings. The summed E-state index contributed by atoms with van der Waals surface area (Å²) in [7, 11) is 4.21. The predicted molar refractivity (Wildman–Crippen MR) is 105 cm³/mol. The van der Waals surface area contributed by atoms with Crippen LogP contribution in [-0.2, 0) is 11.2 Å². The lowest BCUT2D eigenvalue weighted by Gasteiger charge is -2.42. The third kappa shape index (κ3) is 3.63. The van der Waals surface area contributed by atoms with Crippen molar-refractivity contribution >= 4 is 5.91 Å². The number of carbonyl (C=O) groups is 1. The van der Waals surface area contributed by atoms with Crippen LogP contribution >= 0.6 is 0 Å². The number of fused-ring (bicyclic) bond motifs is 1. The Morgan fingerprint density at radius 3 is 2.52 bits per heavy atom. The molecule has 2 aromatic carbocycles. The van der Waals surface area contributed by atoms with Crippen LogP contribution in [0.2, 0.25) is 0 Å². The van der Waals surface area contributed by atoms with Crippen molar-refractivity contribution < 1.29 is 9.18 Å². The van der Waals surface area contributed by atoms with Crippen LogP contribution < -0.4 is 0 Å². The highest BCUT2D eigenvalue weighted by atomic mass is 19.1. The molecule has 0 N–H and O–H groups in total. The van der Waals surface area contributed by atoms with Gasteiger partial charge in [0.25, 0.3) is 0 Å². The largest absolute Gasteiger partial charge is 0.331 e. The maximum absolute atomic E-state index is 13.4. The van der Waals surface area contributed by atoms with Crippen LogP contribution in [0.4, 0.5) is 4.39 Å². The average Bonchev–Trinajstić information content (AvgIpc) is 2.63. The summed E-state index contributed by atoms with van der Waals surface area (Å²) in [5.41, 5.74) is 3.44. The lowest BCUT2D eigenvalue weighted by molar-refractivity contribution is -0.135. The Bertz CT molecular complexity index is 811. The number of halogens is 1. The van der Waals surface area contributed by atoms with Crippen LogP contribution in [0.1, 0.15) is 42.0 Å². The zero-order valence-corrected chi connectivity index (χ0v) is 16.1. The number of amides is 1. The summed E-state index contributed by atoms with van der Waals surface area (Å²) < 4.78 is 13.4. The fourth-order valence-corrected chi connectivity index (χ4v) is 4.49. The minimum absolute atomic E-state index is 0.118. The molecule has 3 nitrogen and oxygen atoms in total. The lowest BCUT2D eigenvalue weighted by atomic mass is 9.77. The molecule has 27 heavy (non-hydrogen) atoms. The minimum Gasteiger partial charge on any atom is -0.331 e. The minimum atomic E-state index is -0.245. The van der Waals surface area contributed by atoms with Crippen LogP contribution in [0, 0.1) is 11.7 Å². The molecule has 0 unspecified atom stereocenters. The molecule has 1 aliphatic heterocycles. The number of hydrogen-bond acceptors (Lipinski definition) is 2. The third-order valence-electron chi connectivity index (χ3n) is 6.19. The zero-order valence-electron chi connectivity index (χ0n) is 16.1. The summed E-state index contributed by atoms with van der Waals surface area (Å²) in [6.07, 6.45) is 3.70. The van der Waals surface area contributed by atoms with Crippen molar-refractivity contribution in [1.29, 1.82) is 0 Å². The first-order valence-corrected chi connectivity index (χ1v) is 9.82. The van der Waals surface area contributed by atoms with Gasteiger partial charge < -0.3 is 9.80 Å². The fourth-order valence-electron chi connectivity index (χ4n) is 4.49. The van der Waals surface area contributed by atoms with Crippen LogP contribution in [0.5, 0.6) is 0 Å². The number of carbonyl (C=O) groups excluding carboxylic acids is 1. The number of hydrogen-bond donors (Lipinski definition) is 0. The van der Waals surface area contributed by atoms with Gasteiger partial charge in [-0.2, -0.15) is 0 Å². The molecule has 4 rings (SSSR count). The van der Waals surface area contributed by atoms with Gasteiger partial charge in [-0.3, -0.25) is 4.79 Å². The summed E-state index contributed by atoms with van der Waals surface area (Å²) in [5, 5.41) is 0. The van der Waals surface area contributed by atoms with Crippen molar-refractivity contribution in [2.24, 2.45) is 5.92 Å². The molecule has 1 aliphatic carbocycles. The van der Waals surface area contributed by atoms with Crippen molar-refractivity contribution in [2.45, 2.75) is 37.8 Å². The maximum atomic E-state index is 13.4. The summed E-state index contributed by atoms with van der Waals surface area (Å²) in [5.74, 6) is 0.460. The van der Waals surface area contributed by atoms with Crippen LogP contribution in [-0.4, -0.2) is 42.4 Å². The highest BCUT2D eigenvalue weighted by Gasteiger charge is 2.36. The quantitative estimate of drug-likeness (QED) is 0.816. The van der Waals surface area contributed by atoms with Gasteiger partial charge in [0.15, 0.2) is 0 Å². The second-order valence-electron chi connectivity index (χ2n) is 8.15. The topological polar surface area (TPSA) is 23.6 Å². The van der Waals surface area contributed by atoms with E-state index in [1.54, 1.807) is 0 Å². The van der Waals surface area contributed by atoms with E-state index in [2.05, 4.69) is 31.1 Å². The summed E-state index contributed by atoms with van der Waals surface area (Å²) in [6, 6.07) is 15.4. The monoisotopic (exact) mass is 366 g/mol. The van der Waals surface area contributed by atoms with Gasteiger partial charge in [0.05, 0.1) is 6.04 Å². The van der Waals surface area contributed by atoms with E-state index in [4.69, 9.17) is 0 Å². The molecular weight excluding hydrogens is 339 g/mol. The second kappa shape index (κ2) is 7.43. The van der Waals surface area contributed by atoms with E-state index in [0.29, 0.717) is 18.4 Å². The van der Waals surface area contributed by atoms with Crippen LogP contribution in [0.25, 0.3) is 0 Å². The van der Waals surface area contributed by atoms with Gasteiger partial charge >= 0.3 is 0 Å².